The van der Waals surface area contributed by atoms with Gasteiger partial charge in [-0.25, -0.2) is 0 Å². The number of nitrogens with zero attached hydrogens (tertiary/aromatic N) is 3. The molecule has 0 N–H and O–H groups in total. The Balaban J connectivity index is 1.50. The molecule has 0 unspecified atom stereocenters. The maximum atomic E-state index is 12.5. The van der Waals surface area contributed by atoms with Gasteiger partial charge in [0.25, 0.3) is 0 Å². The summed E-state index contributed by atoms with van der Waals surface area (Å²) in [5.41, 5.74) is 1.13. The highest BCUT2D eigenvalue weighted by molar-refractivity contribution is 5.78. The quantitative estimate of drug-likeness (QED) is 0.749. The maximum absolute atomic E-state index is 12.5. The summed E-state index contributed by atoms with van der Waals surface area (Å²) in [4.78, 5) is 18.8. The van der Waals surface area contributed by atoms with Crippen LogP contribution in [0.1, 0.15) is 18.4 Å². The predicted octanol–water partition coefficient (Wildman–Crippen LogP) is 2.77. The molecule has 6 nitrogen and oxygen atoms in total. The average molecular weight is 371 g/mol. The molecule has 3 rings (SSSR count). The number of ether oxygens (including phenoxy) is 1. The minimum atomic E-state index is 0.118. The van der Waals surface area contributed by atoms with Gasteiger partial charge in [0.05, 0.1) is 25.4 Å². The number of hydrogen-bond acceptors (Lipinski definition) is 5. The van der Waals surface area contributed by atoms with Crippen molar-refractivity contribution in [2.24, 2.45) is 0 Å². The van der Waals surface area contributed by atoms with Crippen molar-refractivity contribution < 1.29 is 13.9 Å². The van der Waals surface area contributed by atoms with Gasteiger partial charge in [-0.2, -0.15) is 0 Å². The molecule has 1 aliphatic rings. The first-order valence-electron chi connectivity index (χ1n) is 9.55. The molecule has 0 saturated carbocycles. The van der Waals surface area contributed by atoms with Crippen LogP contribution in [-0.2, 0) is 11.3 Å². The van der Waals surface area contributed by atoms with E-state index in [0.717, 1.165) is 49.1 Å². The van der Waals surface area contributed by atoms with Crippen molar-refractivity contribution in [3.05, 3.63) is 47.9 Å². The van der Waals surface area contributed by atoms with Crippen LogP contribution in [0.3, 0.4) is 0 Å². The first-order chi connectivity index (χ1) is 13.1. The van der Waals surface area contributed by atoms with Crippen LogP contribution in [0.5, 0.6) is 5.75 Å². The van der Waals surface area contributed by atoms with Crippen molar-refractivity contribution in [2.45, 2.75) is 20.4 Å². The molecule has 2 aromatic rings. The van der Waals surface area contributed by atoms with Crippen LogP contribution in [-0.4, -0.2) is 62.1 Å². The number of likely N-dealkylation sites (N-methyl/N-ethyl adjacent to an activating group) is 1. The number of para-hydroxylation sites is 2. The molecular weight excluding hydrogens is 342 g/mol. The SMILES string of the molecule is CCOc1ccccc1N1CCN(CC(=O)N(C)Cc2ccc(C)o2)CC1. The van der Waals surface area contributed by atoms with Gasteiger partial charge in [0.1, 0.15) is 17.3 Å². The molecular formula is C21H29N3O3. The van der Waals surface area contributed by atoms with Crippen LogP contribution in [0, 0.1) is 6.92 Å². The van der Waals surface area contributed by atoms with E-state index in [1.54, 1.807) is 4.90 Å². The molecule has 146 valence electrons. The normalized spacial score (nSPS) is 15.0. The van der Waals surface area contributed by atoms with Crippen LogP contribution in [0.2, 0.25) is 0 Å². The molecule has 0 aliphatic carbocycles. The monoisotopic (exact) mass is 371 g/mol. The van der Waals surface area contributed by atoms with E-state index in [0.29, 0.717) is 19.7 Å². The topological polar surface area (TPSA) is 49.2 Å². The third kappa shape index (κ3) is 5.04. The van der Waals surface area contributed by atoms with Gasteiger partial charge in [-0.05, 0) is 38.1 Å². The zero-order valence-corrected chi connectivity index (χ0v) is 16.5. The first kappa shape index (κ1) is 19.3. The molecule has 1 fully saturated rings. The average Bonchev–Trinajstić information content (AvgIpc) is 3.08. The number of rotatable bonds is 7. The van der Waals surface area contributed by atoms with Gasteiger partial charge in [0.2, 0.25) is 5.91 Å². The molecule has 6 heteroatoms. The Morgan fingerprint density at radius 2 is 1.89 bits per heavy atom. The van der Waals surface area contributed by atoms with Crippen LogP contribution in [0.15, 0.2) is 40.8 Å². The molecule has 0 spiro atoms. The Bertz CT molecular complexity index is 751. The fourth-order valence-electron chi connectivity index (χ4n) is 3.35. The Labute approximate surface area is 161 Å². The number of hydrogen-bond donors (Lipinski definition) is 0. The van der Waals surface area contributed by atoms with E-state index in [9.17, 15) is 4.79 Å². The molecule has 2 heterocycles. The molecule has 27 heavy (non-hydrogen) atoms. The molecule has 1 aliphatic heterocycles. The molecule has 1 amide bonds. The Hall–Kier alpha value is -2.47. The minimum absolute atomic E-state index is 0.118. The number of benzene rings is 1. The van der Waals surface area contributed by atoms with Gasteiger partial charge in [-0.1, -0.05) is 12.1 Å². The van der Waals surface area contributed by atoms with Gasteiger partial charge in [0, 0.05) is 33.2 Å². The maximum Gasteiger partial charge on any atom is 0.236 e. The van der Waals surface area contributed by atoms with E-state index in [1.807, 2.05) is 51.2 Å². The molecule has 1 saturated heterocycles. The fourth-order valence-corrected chi connectivity index (χ4v) is 3.35. The minimum Gasteiger partial charge on any atom is -0.492 e. The lowest BCUT2D eigenvalue weighted by atomic mass is 10.2. The highest BCUT2D eigenvalue weighted by Crippen LogP contribution is 2.28. The van der Waals surface area contributed by atoms with Crippen LogP contribution in [0.25, 0.3) is 0 Å². The lowest BCUT2D eigenvalue weighted by molar-refractivity contribution is -0.132. The summed E-state index contributed by atoms with van der Waals surface area (Å²) in [5.74, 6) is 2.74. The van der Waals surface area contributed by atoms with Crippen molar-refractivity contribution in [1.82, 2.24) is 9.80 Å². The summed E-state index contributed by atoms with van der Waals surface area (Å²) in [7, 11) is 1.83. The highest BCUT2D eigenvalue weighted by Gasteiger charge is 2.22. The number of piperazine rings is 1. The van der Waals surface area contributed by atoms with E-state index in [-0.39, 0.29) is 5.91 Å². The summed E-state index contributed by atoms with van der Waals surface area (Å²) in [6.45, 7) is 9.02. The zero-order valence-electron chi connectivity index (χ0n) is 16.5. The summed E-state index contributed by atoms with van der Waals surface area (Å²) in [6.07, 6.45) is 0. The van der Waals surface area contributed by atoms with E-state index in [4.69, 9.17) is 9.15 Å². The molecule has 0 bridgehead atoms. The first-order valence-corrected chi connectivity index (χ1v) is 9.55. The van der Waals surface area contributed by atoms with E-state index < -0.39 is 0 Å². The lowest BCUT2D eigenvalue weighted by Crippen LogP contribution is -2.49. The van der Waals surface area contributed by atoms with Crippen molar-refractivity contribution in [3.63, 3.8) is 0 Å². The van der Waals surface area contributed by atoms with Gasteiger partial charge in [-0.15, -0.1) is 0 Å². The smallest absolute Gasteiger partial charge is 0.236 e. The highest BCUT2D eigenvalue weighted by atomic mass is 16.5. The van der Waals surface area contributed by atoms with Crippen molar-refractivity contribution >= 4 is 11.6 Å². The van der Waals surface area contributed by atoms with Gasteiger partial charge in [-0.3, -0.25) is 9.69 Å². The van der Waals surface area contributed by atoms with Gasteiger partial charge < -0.3 is 19.0 Å². The number of carbonyl (C=O) groups is 1. The van der Waals surface area contributed by atoms with Crippen LogP contribution >= 0.6 is 0 Å². The third-order valence-electron chi connectivity index (χ3n) is 4.85. The second-order valence-electron chi connectivity index (χ2n) is 6.93. The summed E-state index contributed by atoms with van der Waals surface area (Å²) in [5, 5.41) is 0. The van der Waals surface area contributed by atoms with Crippen molar-refractivity contribution in [3.8, 4) is 5.75 Å². The van der Waals surface area contributed by atoms with E-state index in [1.165, 1.54) is 0 Å². The molecule has 1 aromatic heterocycles. The Morgan fingerprint density at radius 3 is 2.56 bits per heavy atom. The largest absolute Gasteiger partial charge is 0.492 e. The summed E-state index contributed by atoms with van der Waals surface area (Å²) in [6, 6.07) is 12.0. The Kier molecular flexibility index (Phi) is 6.40. The fraction of sp³-hybridized carbons (Fsp3) is 0.476. The second kappa shape index (κ2) is 8.95. The standard InChI is InChI=1S/C21H29N3O3/c1-4-26-20-8-6-5-7-19(20)24-13-11-23(12-14-24)16-21(25)22(3)15-18-10-9-17(2)27-18/h5-10H,4,11-16H2,1-3H3. The lowest BCUT2D eigenvalue weighted by Gasteiger charge is -2.36. The molecule has 0 atom stereocenters. The van der Waals surface area contributed by atoms with Crippen molar-refractivity contribution in [2.75, 3.05) is 51.3 Å². The Morgan fingerprint density at radius 1 is 1.15 bits per heavy atom. The number of carbonyl (C=O) groups excluding carboxylic acids is 1. The molecule has 0 radical (unpaired) electrons. The van der Waals surface area contributed by atoms with Crippen LogP contribution in [0.4, 0.5) is 5.69 Å². The predicted molar refractivity (Wildman–Crippen MR) is 106 cm³/mol. The van der Waals surface area contributed by atoms with Gasteiger partial charge in [0.15, 0.2) is 0 Å². The molecule has 1 aromatic carbocycles. The summed E-state index contributed by atoms with van der Waals surface area (Å²) >= 11 is 0. The second-order valence-corrected chi connectivity index (χ2v) is 6.93. The number of anilines is 1. The summed E-state index contributed by atoms with van der Waals surface area (Å²) < 4.78 is 11.3. The zero-order chi connectivity index (χ0) is 19.2. The van der Waals surface area contributed by atoms with Crippen LogP contribution < -0.4 is 9.64 Å². The van der Waals surface area contributed by atoms with E-state index in [2.05, 4.69) is 15.9 Å². The number of furan rings is 1. The number of amides is 1. The van der Waals surface area contributed by atoms with Crippen molar-refractivity contribution in [1.29, 1.82) is 0 Å². The van der Waals surface area contributed by atoms with E-state index >= 15 is 0 Å². The van der Waals surface area contributed by atoms with Gasteiger partial charge >= 0.3 is 0 Å². The third-order valence-corrected chi connectivity index (χ3v) is 4.85. The number of aryl methyl sites for hydroxylation is 1.